The number of rotatable bonds is 2. The number of nitrogen functional groups attached to an aromatic ring is 2. The largest absolute Gasteiger partial charge is 0.398 e. The van der Waals surface area contributed by atoms with Crippen molar-refractivity contribution in [3.63, 3.8) is 0 Å². The number of hydrogen-bond acceptors (Lipinski definition) is 5. The van der Waals surface area contributed by atoms with E-state index in [9.17, 15) is 9.59 Å². The summed E-state index contributed by atoms with van der Waals surface area (Å²) in [6.07, 6.45) is 0. The lowest BCUT2D eigenvalue weighted by Gasteiger charge is -2.05. The summed E-state index contributed by atoms with van der Waals surface area (Å²) in [4.78, 5) is 27.9. The first-order valence-electron chi connectivity index (χ1n) is 4.72. The molecule has 1 heterocycles. The smallest absolute Gasteiger partial charge is 0.327 e. The zero-order valence-electron chi connectivity index (χ0n) is 8.69. The minimum atomic E-state index is -0.627. The van der Waals surface area contributed by atoms with Gasteiger partial charge in [-0.3, -0.25) is 14.8 Å². The monoisotopic (exact) mass is 250 g/mol. The van der Waals surface area contributed by atoms with E-state index < -0.39 is 11.2 Å². The highest BCUT2D eigenvalue weighted by Gasteiger charge is 2.10. The van der Waals surface area contributed by atoms with Gasteiger partial charge in [-0.1, -0.05) is 23.9 Å². The molecule has 6 N–H and O–H groups in total. The molecule has 0 radical (unpaired) electrons. The summed E-state index contributed by atoms with van der Waals surface area (Å²) in [5, 5.41) is 0. The van der Waals surface area contributed by atoms with E-state index >= 15 is 0 Å². The number of aromatic nitrogens is 2. The van der Waals surface area contributed by atoms with Crippen molar-refractivity contribution in [2.24, 2.45) is 0 Å². The second-order valence-corrected chi connectivity index (χ2v) is 4.34. The molecular weight excluding hydrogens is 240 g/mol. The van der Waals surface area contributed by atoms with Crippen LogP contribution in [0, 0.1) is 0 Å². The van der Waals surface area contributed by atoms with Crippen molar-refractivity contribution in [3.05, 3.63) is 45.1 Å². The topological polar surface area (TPSA) is 118 Å². The fraction of sp³-hybridized carbons (Fsp3) is 0. The Kier molecular flexibility index (Phi) is 2.92. The lowest BCUT2D eigenvalue weighted by atomic mass is 10.3. The zero-order chi connectivity index (χ0) is 12.4. The molecule has 0 aliphatic rings. The van der Waals surface area contributed by atoms with Crippen LogP contribution in [0.3, 0.4) is 0 Å². The number of H-pyrrole nitrogens is 2. The Bertz CT molecular complexity index is 662. The third-order valence-corrected chi connectivity index (χ3v) is 3.26. The normalized spacial score (nSPS) is 10.4. The maximum Gasteiger partial charge on any atom is 0.327 e. The van der Waals surface area contributed by atoms with Gasteiger partial charge < -0.3 is 11.5 Å². The quantitative estimate of drug-likeness (QED) is 0.575. The Balaban J connectivity index is 2.48. The standard InChI is InChI=1S/C10H10N4O2S/c11-5-3-1-2-4-6(5)17-7-8(12)13-10(16)14-9(7)15/h1-4H,11H2,(H4,12,13,14,15,16). The molecule has 0 atom stereocenters. The van der Waals surface area contributed by atoms with E-state index in [1.54, 1.807) is 24.3 Å². The summed E-state index contributed by atoms with van der Waals surface area (Å²) in [7, 11) is 0. The van der Waals surface area contributed by atoms with Gasteiger partial charge in [0.05, 0.1) is 0 Å². The summed E-state index contributed by atoms with van der Waals surface area (Å²) < 4.78 is 0. The molecule has 0 fully saturated rings. The van der Waals surface area contributed by atoms with Crippen LogP contribution in [-0.2, 0) is 0 Å². The lowest BCUT2D eigenvalue weighted by molar-refractivity contribution is 0.988. The number of benzene rings is 1. The third-order valence-electron chi connectivity index (χ3n) is 2.06. The van der Waals surface area contributed by atoms with E-state index in [2.05, 4.69) is 9.97 Å². The summed E-state index contributed by atoms with van der Waals surface area (Å²) in [6.45, 7) is 0. The van der Waals surface area contributed by atoms with Crippen LogP contribution in [0.5, 0.6) is 0 Å². The van der Waals surface area contributed by atoms with Crippen LogP contribution in [0.4, 0.5) is 11.5 Å². The molecule has 0 bridgehead atoms. The number of aromatic amines is 2. The molecule has 1 aromatic carbocycles. The number of nitrogens with two attached hydrogens (primary N) is 2. The predicted octanol–water partition coefficient (Wildman–Crippen LogP) is 0.379. The molecule has 17 heavy (non-hydrogen) atoms. The first-order valence-corrected chi connectivity index (χ1v) is 5.54. The van der Waals surface area contributed by atoms with Gasteiger partial charge in [0.2, 0.25) is 0 Å². The second kappa shape index (κ2) is 4.38. The van der Waals surface area contributed by atoms with Gasteiger partial charge in [0.25, 0.3) is 5.56 Å². The van der Waals surface area contributed by atoms with Crippen molar-refractivity contribution < 1.29 is 0 Å². The van der Waals surface area contributed by atoms with Crippen molar-refractivity contribution >= 4 is 23.3 Å². The highest BCUT2D eigenvalue weighted by Crippen LogP contribution is 2.31. The van der Waals surface area contributed by atoms with Gasteiger partial charge >= 0.3 is 5.69 Å². The van der Waals surface area contributed by atoms with E-state index in [-0.39, 0.29) is 10.7 Å². The fourth-order valence-electron chi connectivity index (χ4n) is 1.28. The van der Waals surface area contributed by atoms with Gasteiger partial charge in [-0.15, -0.1) is 0 Å². The summed E-state index contributed by atoms with van der Waals surface area (Å²) in [5.41, 5.74) is 10.7. The summed E-state index contributed by atoms with van der Waals surface area (Å²) >= 11 is 1.11. The predicted molar refractivity (Wildman–Crippen MR) is 67.1 cm³/mol. The van der Waals surface area contributed by atoms with Crippen molar-refractivity contribution in [2.75, 3.05) is 11.5 Å². The second-order valence-electron chi connectivity index (χ2n) is 3.29. The van der Waals surface area contributed by atoms with Crippen LogP contribution in [-0.4, -0.2) is 9.97 Å². The molecule has 0 spiro atoms. The van der Waals surface area contributed by atoms with Gasteiger partial charge in [-0.25, -0.2) is 4.79 Å². The van der Waals surface area contributed by atoms with Crippen molar-refractivity contribution in [1.82, 2.24) is 9.97 Å². The third kappa shape index (κ3) is 2.34. The SMILES string of the molecule is Nc1ccccc1Sc1c(N)[nH]c(=O)[nH]c1=O. The van der Waals surface area contributed by atoms with E-state index in [1.165, 1.54) is 0 Å². The van der Waals surface area contributed by atoms with E-state index in [0.717, 1.165) is 11.8 Å². The summed E-state index contributed by atoms with van der Waals surface area (Å²) in [5.74, 6) is 0.0343. The minimum Gasteiger partial charge on any atom is -0.398 e. The molecule has 0 aliphatic heterocycles. The van der Waals surface area contributed by atoms with Gasteiger partial charge in [0, 0.05) is 10.6 Å². The van der Waals surface area contributed by atoms with Crippen LogP contribution >= 0.6 is 11.8 Å². The molecule has 88 valence electrons. The molecule has 0 saturated carbocycles. The van der Waals surface area contributed by atoms with Crippen LogP contribution in [0.1, 0.15) is 0 Å². The highest BCUT2D eigenvalue weighted by atomic mass is 32.2. The van der Waals surface area contributed by atoms with E-state index in [0.29, 0.717) is 10.6 Å². The maximum absolute atomic E-state index is 11.6. The van der Waals surface area contributed by atoms with Gasteiger partial charge in [-0.05, 0) is 12.1 Å². The van der Waals surface area contributed by atoms with Crippen LogP contribution in [0.2, 0.25) is 0 Å². The fourth-order valence-corrected chi connectivity index (χ4v) is 2.13. The van der Waals surface area contributed by atoms with Crippen LogP contribution in [0.15, 0.2) is 43.6 Å². The molecule has 1 aromatic heterocycles. The highest BCUT2D eigenvalue weighted by molar-refractivity contribution is 7.99. The van der Waals surface area contributed by atoms with Crippen LogP contribution < -0.4 is 22.7 Å². The van der Waals surface area contributed by atoms with Crippen molar-refractivity contribution in [1.29, 1.82) is 0 Å². The average molecular weight is 250 g/mol. The molecule has 0 saturated heterocycles. The Hall–Kier alpha value is -2.15. The van der Waals surface area contributed by atoms with Crippen molar-refractivity contribution in [3.8, 4) is 0 Å². The maximum atomic E-state index is 11.6. The number of anilines is 2. The van der Waals surface area contributed by atoms with Crippen LogP contribution in [0.25, 0.3) is 0 Å². The molecule has 7 heteroatoms. The molecule has 2 rings (SSSR count). The zero-order valence-corrected chi connectivity index (χ0v) is 9.51. The molecule has 0 unspecified atom stereocenters. The van der Waals surface area contributed by atoms with E-state index in [1.807, 2.05) is 0 Å². The number of hydrogen-bond donors (Lipinski definition) is 4. The average Bonchev–Trinajstić information content (AvgIpc) is 2.25. The Labute approximate surface area is 100 Å². The Morgan fingerprint density at radius 2 is 1.76 bits per heavy atom. The Morgan fingerprint density at radius 1 is 1.06 bits per heavy atom. The Morgan fingerprint density at radius 3 is 2.41 bits per heavy atom. The number of nitrogens with one attached hydrogen (secondary N) is 2. The molecule has 0 amide bonds. The minimum absolute atomic E-state index is 0.0343. The first kappa shape index (κ1) is 11.3. The molecule has 0 aliphatic carbocycles. The van der Waals surface area contributed by atoms with Gasteiger partial charge in [0.1, 0.15) is 10.7 Å². The first-order chi connectivity index (χ1) is 8.08. The lowest BCUT2D eigenvalue weighted by Crippen LogP contribution is -2.25. The summed E-state index contributed by atoms with van der Waals surface area (Å²) in [6, 6.07) is 7.08. The van der Waals surface area contributed by atoms with Gasteiger partial charge in [-0.2, -0.15) is 0 Å². The van der Waals surface area contributed by atoms with Crippen molar-refractivity contribution in [2.45, 2.75) is 9.79 Å². The van der Waals surface area contributed by atoms with Gasteiger partial charge in [0.15, 0.2) is 0 Å². The molecule has 6 nitrogen and oxygen atoms in total. The van der Waals surface area contributed by atoms with E-state index in [4.69, 9.17) is 11.5 Å². The molecular formula is C10H10N4O2S. The molecule has 2 aromatic rings. The number of para-hydroxylation sites is 1.